The van der Waals surface area contributed by atoms with Gasteiger partial charge in [-0.05, 0) is 30.3 Å². The number of nitro benzene ring substituents is 1. The number of furan rings is 1. The summed E-state index contributed by atoms with van der Waals surface area (Å²) in [6.07, 6.45) is 0. The SMILES string of the molecule is COc1cc(NC(=O)c2ccc([N+](=O)[O-])cc2Cl)ccc1NC(=O)c1cc2ccccc2o1. The summed E-state index contributed by atoms with van der Waals surface area (Å²) in [6, 6.07) is 17.1. The second kappa shape index (κ2) is 9.01. The van der Waals surface area contributed by atoms with Gasteiger partial charge in [-0.25, -0.2) is 0 Å². The van der Waals surface area contributed by atoms with Gasteiger partial charge in [0.15, 0.2) is 5.76 Å². The number of non-ortho nitro benzene ring substituents is 1. The average molecular weight is 466 g/mol. The third-order valence-corrected chi connectivity index (χ3v) is 5.08. The number of carbonyl (C=O) groups is 2. The second-order valence-electron chi connectivity index (χ2n) is 6.89. The highest BCUT2D eigenvalue weighted by Crippen LogP contribution is 2.30. The molecule has 4 aromatic rings. The van der Waals surface area contributed by atoms with Crippen LogP contribution in [-0.2, 0) is 0 Å². The number of carbonyl (C=O) groups excluding carboxylic acids is 2. The molecule has 2 N–H and O–H groups in total. The molecule has 0 spiro atoms. The molecule has 166 valence electrons. The zero-order valence-electron chi connectivity index (χ0n) is 17.1. The summed E-state index contributed by atoms with van der Waals surface area (Å²) in [5.41, 5.74) is 1.19. The van der Waals surface area contributed by atoms with Crippen molar-refractivity contribution in [2.45, 2.75) is 0 Å². The van der Waals surface area contributed by atoms with E-state index < -0.39 is 16.7 Å². The Hall–Kier alpha value is -4.37. The first-order valence-electron chi connectivity index (χ1n) is 9.59. The van der Waals surface area contributed by atoms with Gasteiger partial charge in [-0.1, -0.05) is 29.8 Å². The molecule has 3 aromatic carbocycles. The van der Waals surface area contributed by atoms with Gasteiger partial charge in [-0.15, -0.1) is 0 Å². The van der Waals surface area contributed by atoms with E-state index in [1.54, 1.807) is 24.3 Å². The van der Waals surface area contributed by atoms with E-state index in [0.717, 1.165) is 11.5 Å². The fourth-order valence-corrected chi connectivity index (χ4v) is 3.41. The van der Waals surface area contributed by atoms with Crippen LogP contribution in [0.15, 0.2) is 71.1 Å². The highest BCUT2D eigenvalue weighted by molar-refractivity contribution is 6.34. The Bertz CT molecular complexity index is 1370. The number of anilines is 2. The van der Waals surface area contributed by atoms with Crippen molar-refractivity contribution >= 4 is 51.4 Å². The van der Waals surface area contributed by atoms with Crippen LogP contribution in [-0.4, -0.2) is 23.8 Å². The van der Waals surface area contributed by atoms with Crippen LogP contribution in [0.25, 0.3) is 11.0 Å². The van der Waals surface area contributed by atoms with Gasteiger partial charge in [0.1, 0.15) is 11.3 Å². The first-order chi connectivity index (χ1) is 15.9. The summed E-state index contributed by atoms with van der Waals surface area (Å²) in [5, 5.41) is 17.0. The average Bonchev–Trinajstić information content (AvgIpc) is 3.24. The predicted molar refractivity (Wildman–Crippen MR) is 123 cm³/mol. The zero-order chi connectivity index (χ0) is 23.5. The summed E-state index contributed by atoms with van der Waals surface area (Å²) in [6.45, 7) is 0. The number of fused-ring (bicyclic) bond motifs is 1. The maximum Gasteiger partial charge on any atom is 0.291 e. The van der Waals surface area contributed by atoms with E-state index in [9.17, 15) is 19.7 Å². The molecule has 33 heavy (non-hydrogen) atoms. The fourth-order valence-electron chi connectivity index (χ4n) is 3.15. The lowest BCUT2D eigenvalue weighted by molar-refractivity contribution is -0.384. The van der Waals surface area contributed by atoms with Crippen molar-refractivity contribution in [2.24, 2.45) is 0 Å². The van der Waals surface area contributed by atoms with Gasteiger partial charge in [0.25, 0.3) is 17.5 Å². The van der Waals surface area contributed by atoms with Crippen LogP contribution < -0.4 is 15.4 Å². The van der Waals surface area contributed by atoms with Gasteiger partial charge in [-0.2, -0.15) is 0 Å². The zero-order valence-corrected chi connectivity index (χ0v) is 17.9. The van der Waals surface area contributed by atoms with Gasteiger partial charge in [0, 0.05) is 29.3 Å². The number of methoxy groups -OCH3 is 1. The van der Waals surface area contributed by atoms with Crippen LogP contribution >= 0.6 is 11.6 Å². The Morgan fingerprint density at radius 2 is 1.79 bits per heavy atom. The molecule has 0 saturated heterocycles. The first kappa shape index (κ1) is 21.8. The Morgan fingerprint density at radius 1 is 1.00 bits per heavy atom. The molecule has 0 aliphatic rings. The van der Waals surface area contributed by atoms with Gasteiger partial charge in [0.2, 0.25) is 0 Å². The van der Waals surface area contributed by atoms with Gasteiger partial charge in [0.05, 0.1) is 28.3 Å². The molecule has 0 atom stereocenters. The highest BCUT2D eigenvalue weighted by Gasteiger charge is 2.17. The number of ether oxygens (including phenoxy) is 1. The second-order valence-corrected chi connectivity index (χ2v) is 7.30. The Morgan fingerprint density at radius 3 is 2.48 bits per heavy atom. The monoisotopic (exact) mass is 465 g/mol. The smallest absolute Gasteiger partial charge is 0.291 e. The number of amides is 2. The van der Waals surface area contributed by atoms with Crippen molar-refractivity contribution in [2.75, 3.05) is 17.7 Å². The molecule has 0 saturated carbocycles. The molecule has 1 heterocycles. The molecule has 9 nitrogen and oxygen atoms in total. The van der Waals surface area contributed by atoms with Gasteiger partial charge >= 0.3 is 0 Å². The number of benzene rings is 3. The molecule has 0 fully saturated rings. The van der Waals surface area contributed by atoms with Crippen molar-refractivity contribution in [1.82, 2.24) is 0 Å². The van der Waals surface area contributed by atoms with Crippen LogP contribution in [0.2, 0.25) is 5.02 Å². The lowest BCUT2D eigenvalue weighted by Crippen LogP contribution is -2.14. The first-order valence-corrected chi connectivity index (χ1v) is 9.97. The number of hydrogen-bond donors (Lipinski definition) is 2. The lowest BCUT2D eigenvalue weighted by Gasteiger charge is -2.12. The Labute approximate surface area is 192 Å². The number of para-hydroxylation sites is 1. The lowest BCUT2D eigenvalue weighted by atomic mass is 10.1. The van der Waals surface area contributed by atoms with Crippen LogP contribution in [0.3, 0.4) is 0 Å². The Kier molecular flexibility index (Phi) is 5.97. The highest BCUT2D eigenvalue weighted by atomic mass is 35.5. The van der Waals surface area contributed by atoms with Gasteiger partial charge in [-0.3, -0.25) is 19.7 Å². The van der Waals surface area contributed by atoms with Crippen LogP contribution in [0.4, 0.5) is 17.1 Å². The maximum atomic E-state index is 12.6. The topological polar surface area (TPSA) is 124 Å². The van der Waals surface area contributed by atoms with Gasteiger partial charge < -0.3 is 19.8 Å². The largest absolute Gasteiger partial charge is 0.494 e. The standard InChI is InChI=1S/C23H16ClN3O6/c1-32-20-11-14(25-22(28)16-8-7-15(27(30)31)12-17(16)24)6-9-18(20)26-23(29)21-10-13-4-2-3-5-19(13)33-21/h2-12H,1H3,(H,25,28)(H,26,29). The minimum Gasteiger partial charge on any atom is -0.494 e. The van der Waals surface area contributed by atoms with E-state index in [-0.39, 0.29) is 22.0 Å². The fraction of sp³-hybridized carbons (Fsp3) is 0.0435. The molecule has 0 bridgehead atoms. The summed E-state index contributed by atoms with van der Waals surface area (Å²) in [4.78, 5) is 35.4. The molecule has 1 aromatic heterocycles. The minimum atomic E-state index is -0.600. The molecular weight excluding hydrogens is 450 g/mol. The number of nitrogens with one attached hydrogen (secondary N) is 2. The predicted octanol–water partition coefficient (Wildman–Crippen LogP) is 5.51. The minimum absolute atomic E-state index is 0.0524. The molecule has 0 aliphatic carbocycles. The number of hydrogen-bond acceptors (Lipinski definition) is 6. The molecule has 0 radical (unpaired) electrons. The van der Waals surface area contributed by atoms with Crippen molar-refractivity contribution in [3.05, 3.63) is 93.2 Å². The maximum absolute atomic E-state index is 12.6. The quantitative estimate of drug-likeness (QED) is 0.286. The van der Waals surface area contributed by atoms with E-state index in [2.05, 4.69) is 10.6 Å². The number of nitro groups is 1. The van der Waals surface area contributed by atoms with E-state index >= 15 is 0 Å². The van der Waals surface area contributed by atoms with E-state index in [4.69, 9.17) is 20.8 Å². The molecule has 2 amide bonds. The van der Waals surface area contributed by atoms with Crippen molar-refractivity contribution in [1.29, 1.82) is 0 Å². The van der Waals surface area contributed by atoms with Crippen LogP contribution in [0.1, 0.15) is 20.9 Å². The van der Waals surface area contributed by atoms with Crippen molar-refractivity contribution in [3.63, 3.8) is 0 Å². The number of nitrogens with zero attached hydrogens (tertiary/aromatic N) is 1. The summed E-state index contributed by atoms with van der Waals surface area (Å²) < 4.78 is 10.9. The number of halogens is 1. The van der Waals surface area contributed by atoms with Crippen LogP contribution in [0, 0.1) is 10.1 Å². The third-order valence-electron chi connectivity index (χ3n) is 4.77. The summed E-state index contributed by atoms with van der Waals surface area (Å²) in [7, 11) is 1.42. The van der Waals surface area contributed by atoms with E-state index in [0.29, 0.717) is 22.7 Å². The normalized spacial score (nSPS) is 10.6. The molecular formula is C23H16ClN3O6. The van der Waals surface area contributed by atoms with Crippen LogP contribution in [0.5, 0.6) is 5.75 Å². The molecule has 10 heteroatoms. The van der Waals surface area contributed by atoms with E-state index in [1.807, 2.05) is 18.2 Å². The Balaban J connectivity index is 1.51. The van der Waals surface area contributed by atoms with Crippen molar-refractivity contribution in [3.8, 4) is 5.75 Å². The third kappa shape index (κ3) is 4.63. The van der Waals surface area contributed by atoms with E-state index in [1.165, 1.54) is 25.3 Å². The molecule has 0 aliphatic heterocycles. The summed E-state index contributed by atoms with van der Waals surface area (Å²) >= 11 is 6.02. The van der Waals surface area contributed by atoms with Crippen molar-refractivity contribution < 1.29 is 23.7 Å². The molecule has 4 rings (SSSR count). The number of rotatable bonds is 6. The summed E-state index contributed by atoms with van der Waals surface area (Å²) in [5.74, 6) is -0.578. The molecule has 0 unspecified atom stereocenters.